The molecule has 0 bridgehead atoms. The maximum Gasteiger partial charge on any atom is 0.416 e. The van der Waals surface area contributed by atoms with Gasteiger partial charge >= 0.3 is 6.18 Å². The first kappa shape index (κ1) is 20.5. The zero-order valence-corrected chi connectivity index (χ0v) is 16.8. The monoisotopic (exact) mass is 432 g/mol. The standard InChI is InChI=1S/C22H20ClF3N4/c23-19-14-20(27-17-6-2-3-7-18(17)30-12-4-1-5-13-30)29-21(28-19)15-8-10-16(11-9-15)22(24,25)26/h2-3,6-11,14H,1,4-5,12-13H2,(H,27,28,29). The van der Waals surface area contributed by atoms with Crippen LogP contribution in [0.2, 0.25) is 5.15 Å². The van der Waals surface area contributed by atoms with Gasteiger partial charge in [0.15, 0.2) is 5.82 Å². The number of benzene rings is 2. The summed E-state index contributed by atoms with van der Waals surface area (Å²) in [4.78, 5) is 11.0. The highest BCUT2D eigenvalue weighted by atomic mass is 35.5. The van der Waals surface area contributed by atoms with Crippen LogP contribution in [-0.4, -0.2) is 23.1 Å². The van der Waals surface area contributed by atoms with Gasteiger partial charge in [-0.1, -0.05) is 35.9 Å². The van der Waals surface area contributed by atoms with Crippen molar-refractivity contribution < 1.29 is 13.2 Å². The van der Waals surface area contributed by atoms with Crippen LogP contribution in [0.4, 0.5) is 30.4 Å². The summed E-state index contributed by atoms with van der Waals surface area (Å²) < 4.78 is 38.5. The number of halogens is 4. The predicted octanol–water partition coefficient (Wildman–Crippen LogP) is 6.55. The second-order valence-corrected chi connectivity index (χ2v) is 7.55. The van der Waals surface area contributed by atoms with Crippen molar-refractivity contribution in [1.82, 2.24) is 9.97 Å². The van der Waals surface area contributed by atoms with Gasteiger partial charge in [0, 0.05) is 24.7 Å². The molecule has 2 heterocycles. The lowest BCUT2D eigenvalue weighted by Crippen LogP contribution is -2.29. The minimum atomic E-state index is -4.39. The lowest BCUT2D eigenvalue weighted by molar-refractivity contribution is -0.137. The second kappa shape index (κ2) is 8.52. The van der Waals surface area contributed by atoms with Crippen molar-refractivity contribution in [2.24, 2.45) is 0 Å². The van der Waals surface area contributed by atoms with Gasteiger partial charge in [0.2, 0.25) is 0 Å². The topological polar surface area (TPSA) is 41.1 Å². The van der Waals surface area contributed by atoms with Crippen LogP contribution in [0.3, 0.4) is 0 Å². The highest BCUT2D eigenvalue weighted by Gasteiger charge is 2.30. The molecule has 1 saturated heterocycles. The number of aromatic nitrogens is 2. The van der Waals surface area contributed by atoms with Crippen LogP contribution in [0.1, 0.15) is 24.8 Å². The van der Waals surface area contributed by atoms with E-state index >= 15 is 0 Å². The minimum Gasteiger partial charge on any atom is -0.370 e. The average Bonchev–Trinajstić information content (AvgIpc) is 2.74. The Balaban J connectivity index is 1.62. The van der Waals surface area contributed by atoms with Crippen molar-refractivity contribution in [3.05, 3.63) is 65.3 Å². The van der Waals surface area contributed by atoms with Gasteiger partial charge in [-0.2, -0.15) is 13.2 Å². The molecule has 0 amide bonds. The first-order chi connectivity index (χ1) is 14.4. The van der Waals surface area contributed by atoms with E-state index in [9.17, 15) is 13.2 Å². The average molecular weight is 433 g/mol. The number of nitrogens with zero attached hydrogens (tertiary/aromatic N) is 3. The SMILES string of the molecule is FC(F)(F)c1ccc(-c2nc(Cl)cc(Nc3ccccc3N3CCCCC3)n2)cc1. The lowest BCUT2D eigenvalue weighted by atomic mass is 10.1. The Morgan fingerprint density at radius 2 is 1.60 bits per heavy atom. The number of nitrogens with one attached hydrogen (secondary N) is 1. The van der Waals surface area contributed by atoms with Crippen molar-refractivity contribution in [1.29, 1.82) is 0 Å². The molecule has 1 aromatic heterocycles. The third-order valence-electron chi connectivity index (χ3n) is 5.03. The van der Waals surface area contributed by atoms with Gasteiger partial charge in [-0.05, 0) is 43.5 Å². The number of alkyl halides is 3. The van der Waals surface area contributed by atoms with E-state index in [-0.39, 0.29) is 11.0 Å². The Morgan fingerprint density at radius 3 is 2.30 bits per heavy atom. The number of anilines is 3. The number of hydrogen-bond acceptors (Lipinski definition) is 4. The van der Waals surface area contributed by atoms with E-state index in [1.165, 1.54) is 18.6 Å². The van der Waals surface area contributed by atoms with Gasteiger partial charge < -0.3 is 10.2 Å². The first-order valence-corrected chi connectivity index (χ1v) is 10.1. The molecule has 30 heavy (non-hydrogen) atoms. The third-order valence-corrected chi connectivity index (χ3v) is 5.22. The van der Waals surface area contributed by atoms with Crippen molar-refractivity contribution in [2.45, 2.75) is 25.4 Å². The molecular formula is C22H20ClF3N4. The molecule has 1 aliphatic rings. The summed E-state index contributed by atoms with van der Waals surface area (Å²) in [5, 5.41) is 3.51. The Morgan fingerprint density at radius 1 is 0.900 bits per heavy atom. The molecule has 1 N–H and O–H groups in total. The second-order valence-electron chi connectivity index (χ2n) is 7.16. The quantitative estimate of drug-likeness (QED) is 0.474. The Kier molecular flexibility index (Phi) is 5.81. The van der Waals surface area contributed by atoms with Crippen molar-refractivity contribution in [2.75, 3.05) is 23.3 Å². The fourth-order valence-corrected chi connectivity index (χ4v) is 3.73. The highest BCUT2D eigenvalue weighted by Crippen LogP contribution is 2.33. The summed E-state index contributed by atoms with van der Waals surface area (Å²) in [6.07, 6.45) is -0.833. The van der Waals surface area contributed by atoms with Gasteiger partial charge in [0.1, 0.15) is 11.0 Å². The molecule has 0 saturated carbocycles. The first-order valence-electron chi connectivity index (χ1n) is 9.73. The number of para-hydroxylation sites is 2. The zero-order chi connectivity index (χ0) is 21.1. The summed E-state index contributed by atoms with van der Waals surface area (Å²) in [5.41, 5.74) is 1.72. The van der Waals surface area contributed by atoms with Crippen LogP contribution in [0.15, 0.2) is 54.6 Å². The Bertz CT molecular complexity index is 1020. The smallest absolute Gasteiger partial charge is 0.370 e. The summed E-state index contributed by atoms with van der Waals surface area (Å²) in [7, 11) is 0. The van der Waals surface area contributed by atoms with Gasteiger partial charge in [-0.3, -0.25) is 0 Å². The van der Waals surface area contributed by atoms with Gasteiger partial charge in [0.05, 0.1) is 16.9 Å². The zero-order valence-electron chi connectivity index (χ0n) is 16.1. The number of rotatable bonds is 4. The van der Waals surface area contributed by atoms with Crippen LogP contribution >= 0.6 is 11.6 Å². The molecule has 3 aromatic rings. The Hall–Kier alpha value is -2.80. The molecule has 1 fully saturated rings. The number of piperidine rings is 1. The minimum absolute atomic E-state index is 0.206. The summed E-state index contributed by atoms with van der Waals surface area (Å²) in [5.74, 6) is 0.739. The normalized spacial score (nSPS) is 14.6. The molecule has 2 aromatic carbocycles. The molecule has 8 heteroatoms. The van der Waals surface area contributed by atoms with E-state index in [2.05, 4.69) is 26.3 Å². The summed E-state index contributed by atoms with van der Waals surface area (Å²) >= 11 is 6.18. The Labute approximate surface area is 177 Å². The van der Waals surface area contributed by atoms with E-state index < -0.39 is 11.7 Å². The van der Waals surface area contributed by atoms with Crippen molar-refractivity contribution in [3.8, 4) is 11.4 Å². The van der Waals surface area contributed by atoms with Crippen molar-refractivity contribution >= 4 is 28.8 Å². The molecule has 0 unspecified atom stereocenters. The lowest BCUT2D eigenvalue weighted by Gasteiger charge is -2.30. The molecule has 4 nitrogen and oxygen atoms in total. The third kappa shape index (κ3) is 4.67. The molecule has 0 radical (unpaired) electrons. The van der Waals surface area contributed by atoms with E-state index in [1.54, 1.807) is 6.07 Å². The van der Waals surface area contributed by atoms with Gasteiger partial charge in [-0.25, -0.2) is 9.97 Å². The van der Waals surface area contributed by atoms with Crippen LogP contribution in [-0.2, 0) is 6.18 Å². The van der Waals surface area contributed by atoms with E-state index in [0.29, 0.717) is 11.4 Å². The highest BCUT2D eigenvalue weighted by molar-refractivity contribution is 6.29. The van der Waals surface area contributed by atoms with Crippen molar-refractivity contribution in [3.63, 3.8) is 0 Å². The molecule has 0 aliphatic carbocycles. The van der Waals surface area contributed by atoms with Gasteiger partial charge in [0.25, 0.3) is 0 Å². The number of hydrogen-bond donors (Lipinski definition) is 1. The molecular weight excluding hydrogens is 413 g/mol. The maximum atomic E-state index is 12.8. The molecule has 0 spiro atoms. The van der Waals surface area contributed by atoms with Crippen LogP contribution < -0.4 is 10.2 Å². The summed E-state index contributed by atoms with van der Waals surface area (Å²) in [6.45, 7) is 2.00. The maximum absolute atomic E-state index is 12.8. The molecule has 4 rings (SSSR count). The fourth-order valence-electron chi connectivity index (χ4n) is 3.55. The van der Waals surface area contributed by atoms with E-state index in [0.717, 1.165) is 49.4 Å². The fraction of sp³-hybridized carbons (Fsp3) is 0.273. The molecule has 156 valence electrons. The van der Waals surface area contributed by atoms with Gasteiger partial charge in [-0.15, -0.1) is 0 Å². The van der Waals surface area contributed by atoms with E-state index in [4.69, 9.17) is 11.6 Å². The van der Waals surface area contributed by atoms with Crippen LogP contribution in [0, 0.1) is 0 Å². The van der Waals surface area contributed by atoms with E-state index in [1.807, 2.05) is 18.2 Å². The largest absolute Gasteiger partial charge is 0.416 e. The summed E-state index contributed by atoms with van der Waals surface area (Å²) in [6, 6.07) is 14.3. The van der Waals surface area contributed by atoms with Crippen LogP contribution in [0.25, 0.3) is 11.4 Å². The van der Waals surface area contributed by atoms with Crippen LogP contribution in [0.5, 0.6) is 0 Å². The molecule has 1 aliphatic heterocycles. The molecule has 0 atom stereocenters. The predicted molar refractivity (Wildman–Crippen MR) is 113 cm³/mol.